The molecule has 0 aliphatic heterocycles. The third-order valence-electron chi connectivity index (χ3n) is 1.64. The monoisotopic (exact) mass is 258 g/mol. The van der Waals surface area contributed by atoms with Crippen molar-refractivity contribution in [1.29, 1.82) is 5.26 Å². The van der Waals surface area contributed by atoms with Crippen LogP contribution in [-0.4, -0.2) is 12.6 Å². The Morgan fingerprint density at radius 3 is 3.00 bits per heavy atom. The zero-order valence-electron chi connectivity index (χ0n) is 7.38. The van der Waals surface area contributed by atoms with Crippen LogP contribution in [0.4, 0.5) is 0 Å². The van der Waals surface area contributed by atoms with Gasteiger partial charge in [-0.1, -0.05) is 0 Å². The van der Waals surface area contributed by atoms with Crippen molar-refractivity contribution in [3.8, 4) is 6.07 Å². The third-order valence-corrected chi connectivity index (χ3v) is 3.33. The Hall–Kier alpha value is -0.370. The Morgan fingerprint density at radius 2 is 2.46 bits per heavy atom. The van der Waals surface area contributed by atoms with E-state index < -0.39 is 0 Å². The van der Waals surface area contributed by atoms with Gasteiger partial charge in [0.1, 0.15) is 0 Å². The highest BCUT2D eigenvalue weighted by Crippen LogP contribution is 2.21. The molecule has 0 aliphatic rings. The number of hydrogen-bond donors (Lipinski definition) is 1. The van der Waals surface area contributed by atoms with Crippen LogP contribution < -0.4 is 5.32 Å². The summed E-state index contributed by atoms with van der Waals surface area (Å²) in [7, 11) is 0. The van der Waals surface area contributed by atoms with Gasteiger partial charge >= 0.3 is 0 Å². The fourth-order valence-electron chi connectivity index (χ4n) is 0.944. The summed E-state index contributed by atoms with van der Waals surface area (Å²) < 4.78 is 1.16. The van der Waals surface area contributed by atoms with Crippen molar-refractivity contribution >= 4 is 27.3 Å². The lowest BCUT2D eigenvalue weighted by Gasteiger charge is -2.03. The third kappa shape index (κ3) is 3.90. The van der Waals surface area contributed by atoms with Crippen molar-refractivity contribution in [1.82, 2.24) is 5.32 Å². The summed E-state index contributed by atoms with van der Waals surface area (Å²) in [6, 6.07) is 6.24. The summed E-state index contributed by atoms with van der Waals surface area (Å²) in [5, 5.41) is 11.6. The molecule has 1 atom stereocenters. The fraction of sp³-hybridized carbons (Fsp3) is 0.444. The molecule has 70 valence electrons. The molecule has 4 heteroatoms. The highest BCUT2D eigenvalue weighted by molar-refractivity contribution is 9.11. The normalized spacial score (nSPS) is 12.4. The Balaban J connectivity index is 2.25. The molecule has 0 aromatic carbocycles. The quantitative estimate of drug-likeness (QED) is 0.902. The number of rotatable bonds is 4. The number of halogens is 1. The maximum Gasteiger partial charge on any atom is 0.0924 e. The fourth-order valence-corrected chi connectivity index (χ4v) is 2.43. The molecule has 1 heterocycles. The van der Waals surface area contributed by atoms with Crippen molar-refractivity contribution in [2.24, 2.45) is 0 Å². The topological polar surface area (TPSA) is 35.8 Å². The molecule has 0 saturated carbocycles. The van der Waals surface area contributed by atoms with E-state index in [-0.39, 0.29) is 6.04 Å². The predicted octanol–water partition coefficient (Wildman–Crippen LogP) is 2.55. The summed E-state index contributed by atoms with van der Waals surface area (Å²) in [4.78, 5) is 1.34. The minimum absolute atomic E-state index is 0.0524. The standard InChI is InChI=1S/C9H11BrN2S/c1-7(6-11)12-5-4-8-2-3-9(10)13-8/h2-3,7,12H,4-5H2,1H3. The van der Waals surface area contributed by atoms with Crippen LogP contribution in [0.2, 0.25) is 0 Å². The molecule has 0 spiro atoms. The molecule has 0 fully saturated rings. The van der Waals surface area contributed by atoms with Crippen molar-refractivity contribution in [3.05, 3.63) is 20.8 Å². The largest absolute Gasteiger partial charge is 0.302 e. The van der Waals surface area contributed by atoms with Gasteiger partial charge in [0.05, 0.1) is 15.9 Å². The maximum absolute atomic E-state index is 8.52. The first-order valence-corrected chi connectivity index (χ1v) is 5.70. The van der Waals surface area contributed by atoms with E-state index in [0.717, 1.165) is 16.8 Å². The van der Waals surface area contributed by atoms with Crippen LogP contribution in [0.25, 0.3) is 0 Å². The Bertz CT molecular complexity index is 303. The Labute approximate surface area is 90.7 Å². The van der Waals surface area contributed by atoms with E-state index in [1.54, 1.807) is 11.3 Å². The van der Waals surface area contributed by atoms with E-state index in [9.17, 15) is 0 Å². The zero-order chi connectivity index (χ0) is 9.68. The second kappa shape index (κ2) is 5.38. The van der Waals surface area contributed by atoms with Crippen LogP contribution in [0, 0.1) is 11.3 Å². The summed E-state index contributed by atoms with van der Waals surface area (Å²) >= 11 is 5.15. The number of nitrogens with zero attached hydrogens (tertiary/aromatic N) is 1. The van der Waals surface area contributed by atoms with Gasteiger partial charge in [0.25, 0.3) is 0 Å². The van der Waals surface area contributed by atoms with Crippen LogP contribution in [-0.2, 0) is 6.42 Å². The molecule has 13 heavy (non-hydrogen) atoms. The van der Waals surface area contributed by atoms with E-state index >= 15 is 0 Å². The number of nitriles is 1. The van der Waals surface area contributed by atoms with Crippen LogP contribution in [0.5, 0.6) is 0 Å². The van der Waals surface area contributed by atoms with Gasteiger partial charge in [-0.25, -0.2) is 0 Å². The molecule has 1 aromatic rings. The van der Waals surface area contributed by atoms with Crippen LogP contribution in [0.3, 0.4) is 0 Å². The van der Waals surface area contributed by atoms with E-state index in [2.05, 4.69) is 33.4 Å². The Morgan fingerprint density at radius 1 is 1.69 bits per heavy atom. The van der Waals surface area contributed by atoms with Gasteiger partial charge in [-0.15, -0.1) is 11.3 Å². The van der Waals surface area contributed by atoms with Crippen molar-refractivity contribution in [2.45, 2.75) is 19.4 Å². The second-order valence-corrected chi connectivity index (χ2v) is 5.31. The van der Waals surface area contributed by atoms with Crippen molar-refractivity contribution < 1.29 is 0 Å². The molecule has 0 amide bonds. The molecule has 1 unspecified atom stereocenters. The van der Waals surface area contributed by atoms with Gasteiger partial charge in [0.15, 0.2) is 0 Å². The molecule has 1 aromatic heterocycles. The minimum atomic E-state index is -0.0524. The number of thiophene rings is 1. The summed E-state index contributed by atoms with van der Waals surface area (Å²) in [5.41, 5.74) is 0. The van der Waals surface area contributed by atoms with Crippen LogP contribution >= 0.6 is 27.3 Å². The average Bonchev–Trinajstić information content (AvgIpc) is 2.51. The van der Waals surface area contributed by atoms with Gasteiger partial charge in [0, 0.05) is 11.4 Å². The van der Waals surface area contributed by atoms with Gasteiger partial charge in [0.2, 0.25) is 0 Å². The van der Waals surface area contributed by atoms with Crippen molar-refractivity contribution in [3.63, 3.8) is 0 Å². The molecule has 0 radical (unpaired) electrons. The summed E-state index contributed by atoms with van der Waals surface area (Å²) in [6.07, 6.45) is 0.988. The average molecular weight is 259 g/mol. The van der Waals surface area contributed by atoms with E-state index in [1.807, 2.05) is 13.0 Å². The van der Waals surface area contributed by atoms with Gasteiger partial charge in [-0.05, 0) is 41.4 Å². The lowest BCUT2D eigenvalue weighted by molar-refractivity contribution is 0.643. The van der Waals surface area contributed by atoms with Crippen molar-refractivity contribution in [2.75, 3.05) is 6.54 Å². The van der Waals surface area contributed by atoms with Crippen LogP contribution in [0.15, 0.2) is 15.9 Å². The minimum Gasteiger partial charge on any atom is -0.302 e. The lowest BCUT2D eigenvalue weighted by Crippen LogP contribution is -2.26. The molecule has 0 bridgehead atoms. The van der Waals surface area contributed by atoms with Gasteiger partial charge in [-0.2, -0.15) is 5.26 Å². The highest BCUT2D eigenvalue weighted by Gasteiger charge is 1.99. The van der Waals surface area contributed by atoms with E-state index in [1.165, 1.54) is 4.88 Å². The molecule has 2 nitrogen and oxygen atoms in total. The zero-order valence-corrected chi connectivity index (χ0v) is 9.78. The highest BCUT2D eigenvalue weighted by atomic mass is 79.9. The molecule has 0 saturated heterocycles. The predicted molar refractivity (Wildman–Crippen MR) is 58.8 cm³/mol. The molecule has 1 rings (SSSR count). The van der Waals surface area contributed by atoms with E-state index in [0.29, 0.717) is 0 Å². The molecule has 1 N–H and O–H groups in total. The van der Waals surface area contributed by atoms with Gasteiger partial charge in [-0.3, -0.25) is 0 Å². The smallest absolute Gasteiger partial charge is 0.0924 e. The summed E-state index contributed by atoms with van der Waals surface area (Å²) in [5.74, 6) is 0. The SMILES string of the molecule is CC(C#N)NCCc1ccc(Br)s1. The first-order valence-electron chi connectivity index (χ1n) is 4.09. The lowest BCUT2D eigenvalue weighted by atomic mass is 10.3. The number of nitrogens with one attached hydrogen (secondary N) is 1. The number of hydrogen-bond acceptors (Lipinski definition) is 3. The first kappa shape index (κ1) is 10.7. The molecular formula is C9H11BrN2S. The first-order chi connectivity index (χ1) is 6.22. The van der Waals surface area contributed by atoms with Gasteiger partial charge < -0.3 is 5.32 Å². The molecular weight excluding hydrogens is 248 g/mol. The maximum atomic E-state index is 8.52. The Kier molecular flexibility index (Phi) is 4.43. The summed E-state index contributed by atoms with van der Waals surface area (Å²) in [6.45, 7) is 2.73. The van der Waals surface area contributed by atoms with E-state index in [4.69, 9.17) is 5.26 Å². The molecule has 0 aliphatic carbocycles. The second-order valence-electron chi connectivity index (χ2n) is 2.76. The van der Waals surface area contributed by atoms with Crippen LogP contribution in [0.1, 0.15) is 11.8 Å².